The molecule has 0 atom stereocenters. The van der Waals surface area contributed by atoms with E-state index >= 15 is 0 Å². The van der Waals surface area contributed by atoms with Gasteiger partial charge in [0.25, 0.3) is 0 Å². The van der Waals surface area contributed by atoms with Crippen LogP contribution in [0, 0.1) is 0 Å². The number of nitrogens with two attached hydrogens (primary N) is 2. The molecule has 1 rings (SSSR count). The number of hydrogen-bond donors (Lipinski definition) is 4. The van der Waals surface area contributed by atoms with Gasteiger partial charge in [-0.15, -0.1) is 0 Å². The highest BCUT2D eigenvalue weighted by Crippen LogP contribution is 2.14. The summed E-state index contributed by atoms with van der Waals surface area (Å²) < 4.78 is 0. The van der Waals surface area contributed by atoms with Crippen LogP contribution in [0.4, 0.5) is 4.79 Å². The fraction of sp³-hybridized carbons (Fsp3) is 0. The third-order valence-corrected chi connectivity index (χ3v) is 0.830. The first-order chi connectivity index (χ1) is 6.52. The van der Waals surface area contributed by atoms with Gasteiger partial charge in [-0.3, -0.25) is 0 Å². The largest absolute Gasteiger partial charge is 0.508 e. The highest BCUT2D eigenvalue weighted by Gasteiger charge is 1.85. The normalized spacial score (nSPS) is 7.14. The molecule has 0 spiro atoms. The lowest BCUT2D eigenvalue weighted by Crippen LogP contribution is -2.18. The predicted octanol–water partition coefficient (Wildman–Crippen LogP) is -0.0633. The molecule has 1 aromatic rings. The second kappa shape index (κ2) is 8.85. The van der Waals surface area contributed by atoms with Crippen molar-refractivity contribution >= 4 is 12.8 Å². The maximum Gasteiger partial charge on any atom is 0.309 e. The van der Waals surface area contributed by atoms with E-state index in [1.807, 2.05) is 6.79 Å². The number of phenolic OH excluding ortho intramolecular Hbond substituents is 2. The molecule has 0 aliphatic rings. The van der Waals surface area contributed by atoms with Crippen LogP contribution in [0.25, 0.3) is 0 Å². The van der Waals surface area contributed by atoms with E-state index in [1.54, 1.807) is 6.07 Å². The minimum atomic E-state index is -0.833. The summed E-state index contributed by atoms with van der Waals surface area (Å²) in [5.41, 5.74) is 8.50. The Morgan fingerprint density at radius 1 is 1.14 bits per heavy atom. The third-order valence-electron chi connectivity index (χ3n) is 0.830. The van der Waals surface area contributed by atoms with E-state index in [0.717, 1.165) is 0 Å². The molecule has 0 bridgehead atoms. The number of hydrogen-bond acceptors (Lipinski definition) is 4. The van der Waals surface area contributed by atoms with Crippen molar-refractivity contribution in [2.75, 3.05) is 0 Å². The third kappa shape index (κ3) is 12.4. The monoisotopic (exact) mass is 200 g/mol. The number of primary amides is 2. The Hall–Kier alpha value is -2.24. The Bertz CT molecular complexity index is 257. The summed E-state index contributed by atoms with van der Waals surface area (Å²) in [7, 11) is 0. The molecule has 6 nitrogen and oxygen atoms in total. The number of rotatable bonds is 0. The lowest BCUT2D eigenvalue weighted by atomic mass is 10.3. The van der Waals surface area contributed by atoms with Crippen LogP contribution in [-0.4, -0.2) is 23.0 Å². The summed E-state index contributed by atoms with van der Waals surface area (Å²) >= 11 is 0. The number of urea groups is 1. The van der Waals surface area contributed by atoms with Crippen molar-refractivity contribution in [3.05, 3.63) is 24.3 Å². The SMILES string of the molecule is C=O.NC(N)=O.Oc1cccc(O)c1. The molecule has 0 radical (unpaired) electrons. The van der Waals surface area contributed by atoms with Crippen LogP contribution < -0.4 is 11.5 Å². The number of carbonyl (C=O) groups excluding carboxylic acids is 2. The quantitative estimate of drug-likeness (QED) is 0.467. The van der Waals surface area contributed by atoms with Gasteiger partial charge in [0.1, 0.15) is 18.3 Å². The van der Waals surface area contributed by atoms with Crippen LogP contribution in [0.3, 0.4) is 0 Å². The van der Waals surface area contributed by atoms with E-state index in [9.17, 15) is 0 Å². The number of benzene rings is 1. The number of amides is 2. The zero-order valence-corrected chi connectivity index (χ0v) is 7.38. The lowest BCUT2D eigenvalue weighted by Gasteiger charge is -1.89. The molecule has 0 aliphatic carbocycles. The van der Waals surface area contributed by atoms with Gasteiger partial charge in [0.05, 0.1) is 0 Å². The van der Waals surface area contributed by atoms with Crippen LogP contribution >= 0.6 is 0 Å². The van der Waals surface area contributed by atoms with Crippen LogP contribution in [0.1, 0.15) is 0 Å². The summed E-state index contributed by atoms with van der Waals surface area (Å²) in [4.78, 5) is 17.0. The Morgan fingerprint density at radius 2 is 1.43 bits per heavy atom. The summed E-state index contributed by atoms with van der Waals surface area (Å²) in [5.74, 6) is 0.176. The molecule has 0 saturated heterocycles. The Morgan fingerprint density at radius 3 is 1.57 bits per heavy atom. The lowest BCUT2D eigenvalue weighted by molar-refractivity contribution is -0.0979. The van der Waals surface area contributed by atoms with E-state index in [0.29, 0.717) is 0 Å². The molecule has 0 fully saturated rings. The van der Waals surface area contributed by atoms with E-state index in [2.05, 4.69) is 11.5 Å². The maximum absolute atomic E-state index is 9.00. The molecule has 2 amide bonds. The number of aromatic hydroxyl groups is 2. The minimum absolute atomic E-state index is 0.0880. The van der Waals surface area contributed by atoms with Gasteiger partial charge in [-0.1, -0.05) is 6.07 Å². The second-order valence-corrected chi connectivity index (χ2v) is 1.92. The van der Waals surface area contributed by atoms with Crippen molar-refractivity contribution in [1.82, 2.24) is 0 Å². The van der Waals surface area contributed by atoms with Gasteiger partial charge in [0.2, 0.25) is 0 Å². The van der Waals surface area contributed by atoms with Crippen molar-refractivity contribution < 1.29 is 19.8 Å². The zero-order chi connectivity index (χ0) is 11.6. The van der Waals surface area contributed by atoms with Crippen molar-refractivity contribution in [3.63, 3.8) is 0 Å². The van der Waals surface area contributed by atoms with E-state index in [4.69, 9.17) is 19.8 Å². The van der Waals surface area contributed by atoms with Crippen LogP contribution in [0.2, 0.25) is 0 Å². The molecule has 0 heterocycles. The van der Waals surface area contributed by atoms with Gasteiger partial charge in [-0.25, -0.2) is 4.79 Å². The molecule has 78 valence electrons. The average Bonchev–Trinajstić information content (AvgIpc) is 2.06. The zero-order valence-electron chi connectivity index (χ0n) is 7.38. The predicted molar refractivity (Wildman–Crippen MR) is 50.7 cm³/mol. The molecule has 6 N–H and O–H groups in total. The first-order valence-electron chi connectivity index (χ1n) is 3.34. The minimum Gasteiger partial charge on any atom is -0.508 e. The van der Waals surface area contributed by atoms with Crippen LogP contribution in [0.5, 0.6) is 11.5 Å². The first kappa shape index (κ1) is 14.3. The van der Waals surface area contributed by atoms with E-state index in [1.165, 1.54) is 18.2 Å². The van der Waals surface area contributed by atoms with Gasteiger partial charge in [-0.2, -0.15) is 0 Å². The average molecular weight is 200 g/mol. The highest BCUT2D eigenvalue weighted by molar-refractivity contribution is 5.69. The molecule has 14 heavy (non-hydrogen) atoms. The summed E-state index contributed by atoms with van der Waals surface area (Å²) in [6.07, 6.45) is 0. The van der Waals surface area contributed by atoms with Crippen molar-refractivity contribution in [1.29, 1.82) is 0 Å². The first-order valence-corrected chi connectivity index (χ1v) is 3.34. The highest BCUT2D eigenvalue weighted by atomic mass is 16.3. The molecule has 0 unspecified atom stereocenters. The fourth-order valence-corrected chi connectivity index (χ4v) is 0.493. The van der Waals surface area contributed by atoms with Crippen LogP contribution in [-0.2, 0) is 4.79 Å². The molecular formula is C8H12N2O4. The van der Waals surface area contributed by atoms with Crippen molar-refractivity contribution in [2.24, 2.45) is 11.5 Å². The standard InChI is InChI=1S/C6H6O2.CH4N2O.CH2O/c7-5-2-1-3-6(8)4-5;2-1(3)4;1-2/h1-4,7-8H;(H4,2,3,4);1H2. The molecule has 0 saturated carbocycles. The molecule has 6 heteroatoms. The fourth-order valence-electron chi connectivity index (χ4n) is 0.493. The van der Waals surface area contributed by atoms with Gasteiger partial charge in [-0.05, 0) is 12.1 Å². The molecule has 1 aromatic carbocycles. The number of phenols is 2. The van der Waals surface area contributed by atoms with Crippen molar-refractivity contribution in [2.45, 2.75) is 0 Å². The van der Waals surface area contributed by atoms with E-state index in [-0.39, 0.29) is 11.5 Å². The van der Waals surface area contributed by atoms with E-state index < -0.39 is 6.03 Å². The van der Waals surface area contributed by atoms with Crippen LogP contribution in [0.15, 0.2) is 24.3 Å². The van der Waals surface area contributed by atoms with Gasteiger partial charge in [0, 0.05) is 6.07 Å². The van der Waals surface area contributed by atoms with Gasteiger partial charge < -0.3 is 26.5 Å². The van der Waals surface area contributed by atoms with Gasteiger partial charge >= 0.3 is 6.03 Å². The summed E-state index contributed by atoms with van der Waals surface area (Å²) in [6.45, 7) is 2.00. The smallest absolute Gasteiger partial charge is 0.309 e. The Kier molecular flexibility index (Phi) is 9.04. The molecular weight excluding hydrogens is 188 g/mol. The Labute approximate surface area is 80.8 Å². The van der Waals surface area contributed by atoms with Gasteiger partial charge in [0.15, 0.2) is 0 Å². The maximum atomic E-state index is 9.00. The Balaban J connectivity index is 0. The second-order valence-electron chi connectivity index (χ2n) is 1.92. The van der Waals surface area contributed by atoms with Crippen molar-refractivity contribution in [3.8, 4) is 11.5 Å². The molecule has 0 aromatic heterocycles. The summed E-state index contributed by atoms with van der Waals surface area (Å²) in [5, 5.41) is 17.3. The topological polar surface area (TPSA) is 127 Å². The molecule has 0 aliphatic heterocycles. The summed E-state index contributed by atoms with van der Waals surface area (Å²) in [6, 6.07) is 5.02. The number of carbonyl (C=O) groups is 2.